The quantitative estimate of drug-likeness (QED) is 0.403. The molecule has 0 saturated carbocycles. The number of benzene rings is 2. The smallest absolute Gasteiger partial charge is 0.326 e. The first kappa shape index (κ1) is 26.2. The fourth-order valence-electron chi connectivity index (χ4n) is 4.51. The molecule has 3 aromatic rings. The number of carbonyl (C=O) groups is 2. The molecule has 1 amide bonds. The molecule has 1 fully saturated rings. The molecule has 2 aliphatic heterocycles. The summed E-state index contributed by atoms with van der Waals surface area (Å²) in [6, 6.07) is 8.61. The van der Waals surface area contributed by atoms with Crippen molar-refractivity contribution in [2.45, 2.75) is 37.2 Å². The molecule has 202 valence electrons. The number of fused-ring (bicyclic) bond motifs is 2. The molecule has 1 unspecified atom stereocenters. The highest BCUT2D eigenvalue weighted by molar-refractivity contribution is 7.89. The van der Waals surface area contributed by atoms with E-state index in [0.29, 0.717) is 48.8 Å². The Hall–Kier alpha value is -3.42. The number of rotatable bonds is 7. The molecule has 2 aromatic carbocycles. The van der Waals surface area contributed by atoms with Crippen LogP contribution in [0, 0.1) is 0 Å². The van der Waals surface area contributed by atoms with Crippen molar-refractivity contribution in [3.05, 3.63) is 41.2 Å². The summed E-state index contributed by atoms with van der Waals surface area (Å²) in [5, 5.41) is 0. The van der Waals surface area contributed by atoms with Crippen molar-refractivity contribution in [3.63, 3.8) is 0 Å². The summed E-state index contributed by atoms with van der Waals surface area (Å²) >= 11 is 1.20. The van der Waals surface area contributed by atoms with Gasteiger partial charge in [-0.1, -0.05) is 11.3 Å². The first-order chi connectivity index (χ1) is 18.3. The molecule has 0 N–H and O–H groups in total. The van der Waals surface area contributed by atoms with E-state index in [9.17, 15) is 18.0 Å². The van der Waals surface area contributed by atoms with Crippen molar-refractivity contribution in [2.75, 3.05) is 33.5 Å². The molecule has 13 heteroatoms. The van der Waals surface area contributed by atoms with Crippen LogP contribution in [0.2, 0.25) is 0 Å². The lowest BCUT2D eigenvalue weighted by molar-refractivity contribution is -0.143. The van der Waals surface area contributed by atoms with E-state index in [1.165, 1.54) is 34.9 Å². The minimum atomic E-state index is -3.94. The van der Waals surface area contributed by atoms with E-state index >= 15 is 0 Å². The average molecular weight is 562 g/mol. The summed E-state index contributed by atoms with van der Waals surface area (Å²) in [7, 11) is -2.44. The normalized spacial score (nSPS) is 18.1. The number of sulfonamides is 1. The monoisotopic (exact) mass is 561 g/mol. The molecule has 0 bridgehead atoms. The van der Waals surface area contributed by atoms with Crippen LogP contribution < -0.4 is 19.0 Å². The van der Waals surface area contributed by atoms with Gasteiger partial charge in [0.15, 0.2) is 16.3 Å². The van der Waals surface area contributed by atoms with Gasteiger partial charge in [-0.25, -0.2) is 8.42 Å². The number of nitrogens with zero attached hydrogens (tertiary/aromatic N) is 3. The molecule has 0 radical (unpaired) electrons. The Bertz CT molecular complexity index is 1540. The first-order valence-corrected chi connectivity index (χ1v) is 14.4. The van der Waals surface area contributed by atoms with E-state index in [4.69, 9.17) is 18.9 Å². The number of aromatic nitrogens is 1. The van der Waals surface area contributed by atoms with Crippen molar-refractivity contribution in [1.82, 2.24) is 8.87 Å². The van der Waals surface area contributed by atoms with Gasteiger partial charge in [0.25, 0.3) is 5.91 Å². The number of ether oxygens (including phenoxy) is 4. The average Bonchev–Trinajstić information content (AvgIpc) is 3.53. The summed E-state index contributed by atoms with van der Waals surface area (Å²) in [5.74, 6) is 0.547. The third-order valence-corrected chi connectivity index (χ3v) is 9.26. The van der Waals surface area contributed by atoms with Crippen LogP contribution in [0.5, 0.6) is 17.2 Å². The van der Waals surface area contributed by atoms with Crippen molar-refractivity contribution in [1.29, 1.82) is 0 Å². The first-order valence-electron chi connectivity index (χ1n) is 12.1. The second-order valence-electron chi connectivity index (χ2n) is 8.64. The molecule has 11 nitrogen and oxygen atoms in total. The molecular weight excluding hydrogens is 534 g/mol. The summed E-state index contributed by atoms with van der Waals surface area (Å²) in [4.78, 5) is 30.5. The third kappa shape index (κ3) is 5.00. The van der Waals surface area contributed by atoms with Crippen LogP contribution >= 0.6 is 11.3 Å². The number of thiazole rings is 1. The minimum absolute atomic E-state index is 0.0721. The second-order valence-corrected chi connectivity index (χ2v) is 11.5. The molecule has 5 rings (SSSR count). The van der Waals surface area contributed by atoms with Crippen molar-refractivity contribution < 1.29 is 37.0 Å². The minimum Gasteiger partial charge on any atom is -0.497 e. The maximum atomic E-state index is 13.4. The zero-order valence-corrected chi connectivity index (χ0v) is 22.5. The fourth-order valence-corrected chi connectivity index (χ4v) is 7.20. The van der Waals surface area contributed by atoms with Crippen LogP contribution in [0.15, 0.2) is 46.3 Å². The van der Waals surface area contributed by atoms with Crippen LogP contribution in [0.3, 0.4) is 0 Å². The molecule has 0 spiro atoms. The predicted octanol–water partition coefficient (Wildman–Crippen LogP) is 2.33. The van der Waals surface area contributed by atoms with Crippen LogP contribution in [-0.4, -0.2) is 68.7 Å². The van der Waals surface area contributed by atoms with E-state index in [1.54, 1.807) is 35.8 Å². The van der Waals surface area contributed by atoms with Gasteiger partial charge in [0, 0.05) is 18.7 Å². The molecule has 38 heavy (non-hydrogen) atoms. The van der Waals surface area contributed by atoms with Crippen LogP contribution in [0.4, 0.5) is 0 Å². The molecule has 1 saturated heterocycles. The SMILES string of the molecule is CCOC(=O)Cn1c(=NC(=O)C2CCCN2S(=O)(=O)c2ccc(OC)cc2)sc2cc3c(cc21)OCCO3. The highest BCUT2D eigenvalue weighted by Crippen LogP contribution is 2.36. The zero-order chi connectivity index (χ0) is 26.9. The lowest BCUT2D eigenvalue weighted by Gasteiger charge is -2.21. The number of methoxy groups -OCH3 is 1. The summed E-state index contributed by atoms with van der Waals surface area (Å²) in [6.07, 6.45) is 0.869. The number of amides is 1. The van der Waals surface area contributed by atoms with Gasteiger partial charge in [0.05, 0.1) is 28.8 Å². The van der Waals surface area contributed by atoms with Gasteiger partial charge in [-0.3, -0.25) is 9.59 Å². The maximum absolute atomic E-state index is 13.4. The van der Waals surface area contributed by atoms with Gasteiger partial charge in [-0.15, -0.1) is 0 Å². The summed E-state index contributed by atoms with van der Waals surface area (Å²) < 4.78 is 51.9. The van der Waals surface area contributed by atoms with Crippen molar-refractivity contribution in [2.24, 2.45) is 4.99 Å². The lowest BCUT2D eigenvalue weighted by atomic mass is 10.2. The van der Waals surface area contributed by atoms with E-state index in [1.807, 2.05) is 0 Å². The Morgan fingerprint density at radius 2 is 1.84 bits per heavy atom. The Labute approximate surface area is 223 Å². The molecule has 0 aliphatic carbocycles. The Morgan fingerprint density at radius 3 is 2.53 bits per heavy atom. The zero-order valence-electron chi connectivity index (χ0n) is 20.9. The number of hydrogen-bond donors (Lipinski definition) is 0. The van der Waals surface area contributed by atoms with Gasteiger partial charge in [0.2, 0.25) is 10.0 Å². The molecule has 1 aromatic heterocycles. The van der Waals surface area contributed by atoms with E-state index in [2.05, 4.69) is 4.99 Å². The lowest BCUT2D eigenvalue weighted by Crippen LogP contribution is -2.40. The Balaban J connectivity index is 1.52. The largest absolute Gasteiger partial charge is 0.497 e. The van der Waals surface area contributed by atoms with Crippen molar-refractivity contribution in [3.8, 4) is 17.2 Å². The summed E-state index contributed by atoms with van der Waals surface area (Å²) in [6.45, 7) is 2.77. The summed E-state index contributed by atoms with van der Waals surface area (Å²) in [5.41, 5.74) is 0.632. The standard InChI is InChI=1S/C25H27N3O8S2/c1-3-34-23(29)15-27-19-13-20-21(36-12-11-35-20)14-22(19)37-25(27)26-24(30)18-5-4-10-28(18)38(31,32)17-8-6-16(33-2)7-9-17/h6-9,13-14,18H,3-5,10-12,15H2,1-2H3. The molecule has 2 aliphatic rings. The van der Waals surface area contributed by atoms with Gasteiger partial charge in [-0.05, 0) is 44.0 Å². The fraction of sp³-hybridized carbons (Fsp3) is 0.400. The topological polar surface area (TPSA) is 126 Å². The van der Waals surface area contributed by atoms with Gasteiger partial charge >= 0.3 is 5.97 Å². The van der Waals surface area contributed by atoms with Crippen molar-refractivity contribution >= 4 is 43.5 Å². The molecule has 3 heterocycles. The van der Waals surface area contributed by atoms with Gasteiger partial charge in [0.1, 0.15) is 31.5 Å². The Kier molecular flexibility index (Phi) is 7.41. The molecule has 1 atom stereocenters. The van der Waals surface area contributed by atoms with Crippen LogP contribution in [0.25, 0.3) is 10.2 Å². The Morgan fingerprint density at radius 1 is 1.13 bits per heavy atom. The number of hydrogen-bond acceptors (Lipinski definition) is 9. The van der Waals surface area contributed by atoms with Gasteiger partial charge in [-0.2, -0.15) is 9.30 Å². The highest BCUT2D eigenvalue weighted by Gasteiger charge is 2.39. The van der Waals surface area contributed by atoms with Crippen LogP contribution in [0.1, 0.15) is 19.8 Å². The third-order valence-electron chi connectivity index (χ3n) is 6.30. The number of carbonyl (C=O) groups excluding carboxylic acids is 2. The van der Waals surface area contributed by atoms with E-state index < -0.39 is 27.9 Å². The van der Waals surface area contributed by atoms with E-state index in [-0.39, 0.29) is 29.4 Å². The molecular formula is C25H27N3O8S2. The second kappa shape index (κ2) is 10.8. The highest BCUT2D eigenvalue weighted by atomic mass is 32.2. The maximum Gasteiger partial charge on any atom is 0.326 e. The predicted molar refractivity (Wildman–Crippen MR) is 138 cm³/mol. The van der Waals surface area contributed by atoms with Crippen LogP contribution in [-0.2, 0) is 30.9 Å². The van der Waals surface area contributed by atoms with E-state index in [0.717, 1.165) is 4.70 Å². The van der Waals surface area contributed by atoms with Gasteiger partial charge < -0.3 is 23.5 Å². The number of esters is 1.